The van der Waals surface area contributed by atoms with E-state index in [1.807, 2.05) is 24.1 Å². The Morgan fingerprint density at radius 1 is 1.31 bits per heavy atom. The van der Waals surface area contributed by atoms with Crippen molar-refractivity contribution in [2.45, 2.75) is 13.3 Å². The third-order valence-electron chi connectivity index (χ3n) is 5.16. The molecule has 29 heavy (non-hydrogen) atoms. The van der Waals surface area contributed by atoms with Gasteiger partial charge in [0.15, 0.2) is 0 Å². The van der Waals surface area contributed by atoms with Crippen LogP contribution in [0.2, 0.25) is 0 Å². The normalized spacial score (nSPS) is 15.7. The number of nitrogens with zero attached hydrogens (tertiary/aromatic N) is 5. The summed E-state index contributed by atoms with van der Waals surface area (Å²) >= 11 is 1.52. The van der Waals surface area contributed by atoms with Gasteiger partial charge in [-0.3, -0.25) is 9.79 Å². The molecule has 1 aromatic carbocycles. The van der Waals surface area contributed by atoms with Gasteiger partial charge in [0, 0.05) is 51.7 Å². The maximum absolute atomic E-state index is 12.7. The average Bonchev–Trinajstić information content (AvgIpc) is 3.17. The topological polar surface area (TPSA) is 64.1 Å². The summed E-state index contributed by atoms with van der Waals surface area (Å²) in [7, 11) is 1.82. The number of amides is 1. The van der Waals surface area contributed by atoms with Crippen LogP contribution >= 0.6 is 11.5 Å². The molecule has 1 N–H and O–H groups in total. The molecule has 3 rings (SSSR count). The van der Waals surface area contributed by atoms with Crippen LogP contribution in [0.15, 0.2) is 41.5 Å². The van der Waals surface area contributed by atoms with Gasteiger partial charge in [-0.2, -0.15) is 4.37 Å². The Morgan fingerprint density at radius 2 is 2.14 bits per heavy atom. The van der Waals surface area contributed by atoms with E-state index in [1.165, 1.54) is 21.6 Å². The standard InChI is InChI=1S/C21H30N6OS/c1-4-26(13-11-23-20-18-8-5-6-9-19(18)29-24-20)14-15-27-12-7-10-22-16-25(3)17(2)21(27)28/h5-6,8-9,16H,2,4,7,10-15H2,1,3H3,(H,23,24). The van der Waals surface area contributed by atoms with E-state index < -0.39 is 0 Å². The van der Waals surface area contributed by atoms with Crippen molar-refractivity contribution in [1.82, 2.24) is 19.1 Å². The second-order valence-corrected chi connectivity index (χ2v) is 7.92. The summed E-state index contributed by atoms with van der Waals surface area (Å²) < 4.78 is 5.72. The highest BCUT2D eigenvalue weighted by Crippen LogP contribution is 2.25. The molecule has 0 saturated carbocycles. The van der Waals surface area contributed by atoms with Crippen LogP contribution in [0, 0.1) is 0 Å². The highest BCUT2D eigenvalue weighted by atomic mass is 32.1. The number of likely N-dealkylation sites (N-methyl/N-ethyl adjacent to an activating group) is 2. The third kappa shape index (κ3) is 5.55. The third-order valence-corrected chi connectivity index (χ3v) is 5.99. The van der Waals surface area contributed by atoms with Gasteiger partial charge in [0.25, 0.3) is 5.91 Å². The van der Waals surface area contributed by atoms with Crippen LogP contribution in [0.25, 0.3) is 10.1 Å². The summed E-state index contributed by atoms with van der Waals surface area (Å²) in [6.07, 6.45) is 2.56. The zero-order chi connectivity index (χ0) is 20.6. The molecule has 1 amide bonds. The highest BCUT2D eigenvalue weighted by molar-refractivity contribution is 7.13. The number of fused-ring (bicyclic) bond motifs is 1. The van der Waals surface area contributed by atoms with E-state index in [1.54, 1.807) is 11.2 Å². The van der Waals surface area contributed by atoms with Crippen molar-refractivity contribution < 1.29 is 4.79 Å². The molecule has 1 aromatic heterocycles. The van der Waals surface area contributed by atoms with Crippen LogP contribution < -0.4 is 5.32 Å². The van der Waals surface area contributed by atoms with Gasteiger partial charge >= 0.3 is 0 Å². The SMILES string of the molecule is C=C1C(=O)N(CCN(CC)CCNc2nsc3ccccc23)CCCN=CN1C. The lowest BCUT2D eigenvalue weighted by molar-refractivity contribution is -0.128. The fourth-order valence-electron chi connectivity index (χ4n) is 3.29. The second kappa shape index (κ2) is 10.4. The van der Waals surface area contributed by atoms with Crippen LogP contribution in [0.1, 0.15) is 13.3 Å². The van der Waals surface area contributed by atoms with E-state index >= 15 is 0 Å². The Bertz CT molecular complexity index is 864. The molecule has 7 nitrogen and oxygen atoms in total. The molecule has 0 spiro atoms. The zero-order valence-corrected chi connectivity index (χ0v) is 18.1. The monoisotopic (exact) mass is 414 g/mol. The number of hydrogen-bond donors (Lipinski definition) is 1. The van der Waals surface area contributed by atoms with Crippen LogP contribution in [-0.2, 0) is 4.79 Å². The number of carbonyl (C=O) groups excluding carboxylic acids is 1. The van der Waals surface area contributed by atoms with Gasteiger partial charge in [-0.15, -0.1) is 0 Å². The lowest BCUT2D eigenvalue weighted by Crippen LogP contribution is -2.42. The molecule has 0 bridgehead atoms. The van der Waals surface area contributed by atoms with Gasteiger partial charge in [-0.1, -0.05) is 25.6 Å². The second-order valence-electron chi connectivity index (χ2n) is 7.11. The minimum Gasteiger partial charge on any atom is -0.367 e. The predicted octanol–water partition coefficient (Wildman–Crippen LogP) is 2.74. The summed E-state index contributed by atoms with van der Waals surface area (Å²) in [5.74, 6) is 0.945. The van der Waals surface area contributed by atoms with Crippen molar-refractivity contribution in [2.24, 2.45) is 4.99 Å². The Labute approximate surface area is 176 Å². The number of rotatable bonds is 8. The number of hydrogen-bond acceptors (Lipinski definition) is 7. The van der Waals surface area contributed by atoms with Crippen molar-refractivity contribution in [2.75, 3.05) is 58.2 Å². The van der Waals surface area contributed by atoms with Crippen molar-refractivity contribution in [3.05, 3.63) is 36.5 Å². The Hall–Kier alpha value is -2.45. The van der Waals surface area contributed by atoms with Crippen molar-refractivity contribution in [3.8, 4) is 0 Å². The van der Waals surface area contributed by atoms with E-state index in [0.717, 1.165) is 45.0 Å². The maximum atomic E-state index is 12.7. The number of benzene rings is 1. The quantitative estimate of drug-likeness (QED) is 0.673. The fourth-order valence-corrected chi connectivity index (χ4v) is 4.04. The maximum Gasteiger partial charge on any atom is 0.269 e. The van der Waals surface area contributed by atoms with Gasteiger partial charge < -0.3 is 20.0 Å². The minimum atomic E-state index is -0.0102. The van der Waals surface area contributed by atoms with E-state index in [-0.39, 0.29) is 5.91 Å². The molecule has 0 fully saturated rings. The Balaban J connectivity index is 1.50. The number of aliphatic imine (C=N–C) groups is 1. The lowest BCUT2D eigenvalue weighted by Gasteiger charge is -2.28. The molecule has 2 aromatic rings. The lowest BCUT2D eigenvalue weighted by atomic mass is 10.2. The molecule has 1 aliphatic rings. The largest absolute Gasteiger partial charge is 0.367 e. The molecule has 0 unspecified atom stereocenters. The average molecular weight is 415 g/mol. The Morgan fingerprint density at radius 3 is 2.97 bits per heavy atom. The van der Waals surface area contributed by atoms with E-state index in [0.29, 0.717) is 18.8 Å². The first-order valence-electron chi connectivity index (χ1n) is 10.1. The van der Waals surface area contributed by atoms with Crippen LogP contribution in [-0.4, -0.2) is 84.2 Å². The molecule has 0 aliphatic carbocycles. The molecular formula is C21H30N6OS. The van der Waals surface area contributed by atoms with Gasteiger partial charge in [0.1, 0.15) is 11.5 Å². The van der Waals surface area contributed by atoms with Crippen LogP contribution in [0.3, 0.4) is 0 Å². The van der Waals surface area contributed by atoms with Crippen LogP contribution in [0.4, 0.5) is 5.82 Å². The zero-order valence-electron chi connectivity index (χ0n) is 17.3. The van der Waals surface area contributed by atoms with E-state index in [2.05, 4.69) is 45.2 Å². The van der Waals surface area contributed by atoms with Crippen molar-refractivity contribution in [1.29, 1.82) is 0 Å². The van der Waals surface area contributed by atoms with Crippen LogP contribution in [0.5, 0.6) is 0 Å². The number of nitrogens with one attached hydrogen (secondary N) is 1. The fraction of sp³-hybridized carbons (Fsp3) is 0.476. The summed E-state index contributed by atoms with van der Waals surface area (Å²) in [4.78, 5) is 23.0. The molecule has 0 atom stereocenters. The van der Waals surface area contributed by atoms with Gasteiger partial charge in [-0.05, 0) is 36.6 Å². The summed E-state index contributed by atoms with van der Waals surface area (Å²) in [6, 6.07) is 8.27. The first-order chi connectivity index (χ1) is 14.1. The molecule has 0 saturated heterocycles. The summed E-state index contributed by atoms with van der Waals surface area (Å²) in [5.41, 5.74) is 0.468. The van der Waals surface area contributed by atoms with E-state index in [4.69, 9.17) is 0 Å². The molecule has 1 aliphatic heterocycles. The number of anilines is 1. The molecule has 2 heterocycles. The molecular weight excluding hydrogens is 384 g/mol. The molecule has 0 radical (unpaired) electrons. The van der Waals surface area contributed by atoms with Crippen molar-refractivity contribution >= 4 is 39.7 Å². The van der Waals surface area contributed by atoms with E-state index in [9.17, 15) is 4.79 Å². The number of aromatic nitrogens is 1. The minimum absolute atomic E-state index is 0.0102. The van der Waals surface area contributed by atoms with Gasteiger partial charge in [0.2, 0.25) is 0 Å². The predicted molar refractivity (Wildman–Crippen MR) is 122 cm³/mol. The number of carbonyl (C=O) groups is 1. The summed E-state index contributed by atoms with van der Waals surface area (Å²) in [6.45, 7) is 11.7. The molecule has 156 valence electrons. The highest BCUT2D eigenvalue weighted by Gasteiger charge is 2.20. The Kier molecular flexibility index (Phi) is 7.60. The van der Waals surface area contributed by atoms with Crippen molar-refractivity contribution in [3.63, 3.8) is 0 Å². The molecule has 8 heteroatoms. The first-order valence-corrected chi connectivity index (χ1v) is 10.9. The van der Waals surface area contributed by atoms with Gasteiger partial charge in [0.05, 0.1) is 11.0 Å². The van der Waals surface area contributed by atoms with Gasteiger partial charge in [-0.25, -0.2) is 0 Å². The smallest absolute Gasteiger partial charge is 0.269 e. The first kappa shape index (κ1) is 21.3. The summed E-state index contributed by atoms with van der Waals surface area (Å²) in [5, 5.41) is 4.63.